The molecule has 0 saturated heterocycles. The molecule has 0 fully saturated rings. The van der Waals surface area contributed by atoms with Gasteiger partial charge in [-0.1, -0.05) is 194 Å². The third kappa shape index (κ3) is 6.53. The maximum absolute atomic E-state index is 6.69. The van der Waals surface area contributed by atoms with E-state index in [0.717, 1.165) is 105 Å². The molecule has 0 amide bonds. The van der Waals surface area contributed by atoms with Crippen molar-refractivity contribution in [3.63, 3.8) is 0 Å². The topological polar surface area (TPSA) is 51.8 Å². The second-order valence-corrected chi connectivity index (χ2v) is 15.9. The molecule has 3 heterocycles. The van der Waals surface area contributed by atoms with Crippen LogP contribution in [-0.2, 0) is 0 Å². The SMILES string of the molecule is c1ccc(-c2ccc(-c3cc(-c4ccc(-c5ccccc5)cc4)nc(-c4cccc(-c5c6c(cc7c(-c8ccccc8)nc8ccccc8c57)oc5ccccc56)c4)n3)cc2)cc1. The number of para-hydroxylation sites is 2. The molecule has 0 bridgehead atoms. The monoisotopic (exact) mass is 803 g/mol. The van der Waals surface area contributed by atoms with Gasteiger partial charge in [-0.3, -0.25) is 0 Å². The van der Waals surface area contributed by atoms with Crippen molar-refractivity contribution in [1.82, 2.24) is 15.0 Å². The first-order chi connectivity index (χ1) is 31.2. The lowest BCUT2D eigenvalue weighted by molar-refractivity contribution is 0.669. The largest absolute Gasteiger partial charge is 0.456 e. The Kier molecular flexibility index (Phi) is 8.79. The zero-order chi connectivity index (χ0) is 41.7. The number of nitrogens with zero attached hydrogens (tertiary/aromatic N) is 3. The lowest BCUT2D eigenvalue weighted by Crippen LogP contribution is -1.97. The van der Waals surface area contributed by atoms with E-state index < -0.39 is 0 Å². The van der Waals surface area contributed by atoms with E-state index in [1.165, 1.54) is 11.1 Å². The van der Waals surface area contributed by atoms with Crippen molar-refractivity contribution >= 4 is 43.6 Å². The molecule has 9 aromatic carbocycles. The smallest absolute Gasteiger partial charge is 0.160 e. The minimum Gasteiger partial charge on any atom is -0.456 e. The summed E-state index contributed by atoms with van der Waals surface area (Å²) in [6.07, 6.45) is 0. The molecule has 12 aromatic rings. The van der Waals surface area contributed by atoms with Gasteiger partial charge in [0.1, 0.15) is 11.2 Å². The van der Waals surface area contributed by atoms with Crippen molar-refractivity contribution in [1.29, 1.82) is 0 Å². The minimum absolute atomic E-state index is 0.647. The molecule has 0 spiro atoms. The van der Waals surface area contributed by atoms with Crippen LogP contribution in [0.25, 0.3) is 122 Å². The van der Waals surface area contributed by atoms with Gasteiger partial charge in [0, 0.05) is 54.7 Å². The number of pyridine rings is 1. The molecule has 0 N–H and O–H groups in total. The van der Waals surface area contributed by atoms with Gasteiger partial charge in [-0.2, -0.15) is 0 Å². The zero-order valence-electron chi connectivity index (χ0n) is 34.1. The van der Waals surface area contributed by atoms with E-state index in [1.54, 1.807) is 0 Å². The molecule has 0 aliphatic carbocycles. The maximum Gasteiger partial charge on any atom is 0.160 e. The second-order valence-electron chi connectivity index (χ2n) is 15.9. The molecule has 0 aliphatic heterocycles. The van der Waals surface area contributed by atoms with E-state index in [-0.39, 0.29) is 0 Å². The molecule has 12 rings (SSSR count). The molecule has 3 aromatic heterocycles. The molecule has 0 unspecified atom stereocenters. The van der Waals surface area contributed by atoms with Gasteiger partial charge >= 0.3 is 0 Å². The van der Waals surface area contributed by atoms with Crippen LogP contribution in [0.2, 0.25) is 0 Å². The number of furan rings is 1. The summed E-state index contributed by atoms with van der Waals surface area (Å²) in [5, 5.41) is 5.37. The molecule has 0 radical (unpaired) electrons. The molecule has 63 heavy (non-hydrogen) atoms. The highest BCUT2D eigenvalue weighted by Gasteiger charge is 2.22. The predicted molar refractivity (Wildman–Crippen MR) is 260 cm³/mol. The Hall–Kier alpha value is -8.47. The molecule has 0 aliphatic rings. The summed E-state index contributed by atoms with van der Waals surface area (Å²) in [4.78, 5) is 16.0. The normalized spacial score (nSPS) is 11.5. The summed E-state index contributed by atoms with van der Waals surface area (Å²) < 4.78 is 6.69. The zero-order valence-corrected chi connectivity index (χ0v) is 34.1. The number of benzene rings is 9. The van der Waals surface area contributed by atoms with Gasteiger partial charge in [0.05, 0.1) is 22.6 Å². The molecular weight excluding hydrogens is 767 g/mol. The van der Waals surface area contributed by atoms with Crippen molar-refractivity contribution in [3.8, 4) is 78.5 Å². The van der Waals surface area contributed by atoms with Crippen LogP contribution in [0.5, 0.6) is 0 Å². The average Bonchev–Trinajstić information content (AvgIpc) is 3.74. The summed E-state index contributed by atoms with van der Waals surface area (Å²) in [6.45, 7) is 0. The Labute approximate surface area is 364 Å². The molecule has 0 atom stereocenters. The Morgan fingerprint density at radius 1 is 0.286 bits per heavy atom. The highest BCUT2D eigenvalue weighted by molar-refractivity contribution is 6.27. The van der Waals surface area contributed by atoms with Gasteiger partial charge in [0.25, 0.3) is 0 Å². The fourth-order valence-corrected chi connectivity index (χ4v) is 9.04. The highest BCUT2D eigenvalue weighted by Crippen LogP contribution is 2.47. The quantitative estimate of drug-likeness (QED) is 0.151. The Morgan fingerprint density at radius 2 is 0.778 bits per heavy atom. The lowest BCUT2D eigenvalue weighted by atomic mass is 9.89. The van der Waals surface area contributed by atoms with Crippen LogP contribution >= 0.6 is 0 Å². The van der Waals surface area contributed by atoms with Crippen LogP contribution < -0.4 is 0 Å². The molecule has 294 valence electrons. The van der Waals surface area contributed by atoms with Gasteiger partial charge in [-0.15, -0.1) is 0 Å². The van der Waals surface area contributed by atoms with Gasteiger partial charge in [0.2, 0.25) is 0 Å². The first kappa shape index (κ1) is 36.4. The molecule has 4 nitrogen and oxygen atoms in total. The van der Waals surface area contributed by atoms with Gasteiger partial charge in [0.15, 0.2) is 5.82 Å². The van der Waals surface area contributed by atoms with Crippen molar-refractivity contribution in [2.75, 3.05) is 0 Å². The summed E-state index contributed by atoms with van der Waals surface area (Å²) in [6, 6.07) is 78.5. The Bertz CT molecular complexity index is 3540. The van der Waals surface area contributed by atoms with Crippen molar-refractivity contribution in [2.24, 2.45) is 0 Å². The third-order valence-electron chi connectivity index (χ3n) is 12.1. The highest BCUT2D eigenvalue weighted by atomic mass is 16.3. The van der Waals surface area contributed by atoms with Crippen LogP contribution in [0.15, 0.2) is 229 Å². The Morgan fingerprint density at radius 3 is 1.41 bits per heavy atom. The number of hydrogen-bond acceptors (Lipinski definition) is 4. The van der Waals surface area contributed by atoms with Crippen molar-refractivity contribution in [2.45, 2.75) is 0 Å². The van der Waals surface area contributed by atoms with Gasteiger partial charge < -0.3 is 4.42 Å². The molecule has 0 saturated carbocycles. The summed E-state index contributed by atoms with van der Waals surface area (Å²) in [5.74, 6) is 0.647. The summed E-state index contributed by atoms with van der Waals surface area (Å²) in [7, 11) is 0. The van der Waals surface area contributed by atoms with Gasteiger partial charge in [-0.25, -0.2) is 15.0 Å². The fraction of sp³-hybridized carbons (Fsp3) is 0. The van der Waals surface area contributed by atoms with Crippen LogP contribution in [0.3, 0.4) is 0 Å². The fourth-order valence-electron chi connectivity index (χ4n) is 9.04. The molecule has 4 heteroatoms. The summed E-state index contributed by atoms with van der Waals surface area (Å²) in [5.41, 5.74) is 16.0. The number of aromatic nitrogens is 3. The first-order valence-corrected chi connectivity index (χ1v) is 21.3. The second kappa shape index (κ2) is 15.2. The number of rotatable bonds is 7. The third-order valence-corrected chi connectivity index (χ3v) is 12.1. The maximum atomic E-state index is 6.69. The molecular formula is C59H37N3O. The number of fused-ring (bicyclic) bond motifs is 6. The van der Waals surface area contributed by atoms with Crippen molar-refractivity contribution < 1.29 is 4.42 Å². The summed E-state index contributed by atoms with van der Waals surface area (Å²) >= 11 is 0. The van der Waals surface area contributed by atoms with Gasteiger partial charge in [-0.05, 0) is 58.1 Å². The van der Waals surface area contributed by atoms with E-state index in [2.05, 4.69) is 194 Å². The Balaban J connectivity index is 1.08. The average molecular weight is 804 g/mol. The lowest BCUT2D eigenvalue weighted by Gasteiger charge is -2.16. The van der Waals surface area contributed by atoms with Crippen LogP contribution in [-0.4, -0.2) is 15.0 Å². The van der Waals surface area contributed by atoms with E-state index in [4.69, 9.17) is 19.4 Å². The van der Waals surface area contributed by atoms with Crippen LogP contribution in [0.4, 0.5) is 0 Å². The van der Waals surface area contributed by atoms with Crippen LogP contribution in [0.1, 0.15) is 0 Å². The van der Waals surface area contributed by atoms with E-state index in [0.29, 0.717) is 5.82 Å². The van der Waals surface area contributed by atoms with Crippen molar-refractivity contribution in [3.05, 3.63) is 224 Å². The standard InChI is InChI=1S/C59H37N3O/c1-4-15-38(16-5-1)40-27-31-42(32-28-40)51-37-52(43-33-29-41(30-34-43)39-17-6-2-7-18-39)62-59(61-51)46-22-14-21-45(35-46)55-56-47-23-10-12-25-50(47)60-58(44-19-8-3-9-20-44)49(56)36-54-57(55)48-24-11-13-26-53(48)63-54/h1-37H. The number of hydrogen-bond donors (Lipinski definition) is 0. The predicted octanol–water partition coefficient (Wildman–Crippen LogP) is 15.7. The van der Waals surface area contributed by atoms with E-state index >= 15 is 0 Å². The first-order valence-electron chi connectivity index (χ1n) is 21.3. The van der Waals surface area contributed by atoms with E-state index in [9.17, 15) is 0 Å². The van der Waals surface area contributed by atoms with E-state index in [1.807, 2.05) is 30.3 Å². The van der Waals surface area contributed by atoms with Crippen LogP contribution in [0, 0.1) is 0 Å². The minimum atomic E-state index is 0.647.